The number of nitrogens with zero attached hydrogens (tertiary/aromatic N) is 4. The van der Waals surface area contributed by atoms with Gasteiger partial charge in [0, 0.05) is 7.05 Å². The number of carbonyl (C=O) groups is 1. The summed E-state index contributed by atoms with van der Waals surface area (Å²) in [6.45, 7) is 2.98. The highest BCUT2D eigenvalue weighted by Gasteiger charge is 2.57. The van der Waals surface area contributed by atoms with E-state index in [2.05, 4.69) is 25.4 Å². The zero-order valence-electron chi connectivity index (χ0n) is 22.7. The average molecular weight is 616 g/mol. The van der Waals surface area contributed by atoms with Crippen molar-refractivity contribution >= 4 is 48.2 Å². The van der Waals surface area contributed by atoms with Crippen LogP contribution in [-0.4, -0.2) is 80.2 Å². The van der Waals surface area contributed by atoms with Gasteiger partial charge in [-0.05, 0) is 32.9 Å². The minimum absolute atomic E-state index is 0.0855. The molecule has 1 saturated heterocycles. The summed E-state index contributed by atoms with van der Waals surface area (Å²) in [6.07, 6.45) is -3.37. The highest BCUT2D eigenvalue weighted by molar-refractivity contribution is 7.52. The van der Waals surface area contributed by atoms with Crippen molar-refractivity contribution in [2.24, 2.45) is 0 Å². The van der Waals surface area contributed by atoms with Crippen molar-refractivity contribution in [1.29, 1.82) is 0 Å². The van der Waals surface area contributed by atoms with Crippen LogP contribution >= 0.6 is 19.3 Å². The van der Waals surface area contributed by atoms with Gasteiger partial charge in [-0.1, -0.05) is 18.2 Å². The number of aromatic nitrogens is 4. The van der Waals surface area contributed by atoms with Gasteiger partial charge in [0.05, 0.1) is 19.0 Å². The summed E-state index contributed by atoms with van der Waals surface area (Å²) < 4.78 is 51.9. The molecule has 14 nitrogen and oxygen atoms in total. The molecule has 0 bridgehead atoms. The van der Waals surface area contributed by atoms with Crippen molar-refractivity contribution in [3.8, 4) is 5.75 Å². The SMILES string of the molecule is CNc1nc(N)nc2c1ncn2[C@@H]1O[C@H](CO[P@](=O)(NC(C)C(=O)OC(C)C)Oc2ccccc2)[C@@H](O)[C@]1(Cl)CF. The summed E-state index contributed by atoms with van der Waals surface area (Å²) in [5.74, 6) is -0.279. The number of imidazole rings is 1. The smallest absolute Gasteiger partial charge is 0.459 e. The van der Waals surface area contributed by atoms with E-state index in [1.165, 1.54) is 30.0 Å². The van der Waals surface area contributed by atoms with Gasteiger partial charge in [0.25, 0.3) is 0 Å². The van der Waals surface area contributed by atoms with Crippen LogP contribution in [0.25, 0.3) is 11.2 Å². The first kappa shape index (κ1) is 30.9. The molecule has 3 heterocycles. The van der Waals surface area contributed by atoms with Crippen molar-refractivity contribution in [2.75, 3.05) is 31.4 Å². The molecule has 6 atom stereocenters. The lowest BCUT2D eigenvalue weighted by Crippen LogP contribution is -2.44. The topological polar surface area (TPSA) is 185 Å². The molecule has 0 saturated carbocycles. The van der Waals surface area contributed by atoms with Crippen LogP contribution in [0.5, 0.6) is 5.75 Å². The number of alkyl halides is 2. The number of anilines is 2. The van der Waals surface area contributed by atoms with Crippen LogP contribution < -0.4 is 20.7 Å². The number of nitrogen functional groups attached to an aromatic ring is 1. The molecule has 17 heteroatoms. The van der Waals surface area contributed by atoms with Crippen molar-refractivity contribution in [3.05, 3.63) is 36.7 Å². The maximum absolute atomic E-state index is 14.4. The van der Waals surface area contributed by atoms with E-state index in [0.29, 0.717) is 11.3 Å². The fraction of sp³-hybridized carbons (Fsp3) is 0.500. The number of para-hydroxylation sites is 1. The quantitative estimate of drug-likeness (QED) is 0.133. The monoisotopic (exact) mass is 615 g/mol. The maximum atomic E-state index is 14.4. The molecule has 41 heavy (non-hydrogen) atoms. The third-order valence-electron chi connectivity index (χ3n) is 6.13. The minimum Gasteiger partial charge on any atom is -0.462 e. The molecule has 1 unspecified atom stereocenters. The van der Waals surface area contributed by atoms with Crippen LogP contribution in [0.1, 0.15) is 27.0 Å². The van der Waals surface area contributed by atoms with E-state index in [1.54, 1.807) is 39.1 Å². The van der Waals surface area contributed by atoms with Gasteiger partial charge < -0.3 is 30.2 Å². The normalized spacial score (nSPS) is 24.7. The second-order valence-corrected chi connectivity index (χ2v) is 12.0. The van der Waals surface area contributed by atoms with Crippen LogP contribution in [-0.2, 0) is 23.4 Å². The van der Waals surface area contributed by atoms with Gasteiger partial charge in [0.15, 0.2) is 23.2 Å². The van der Waals surface area contributed by atoms with Gasteiger partial charge in [0.2, 0.25) is 5.95 Å². The number of hydrogen-bond acceptors (Lipinski definition) is 12. The van der Waals surface area contributed by atoms with E-state index >= 15 is 0 Å². The Hall–Kier alpha value is -3.07. The molecule has 0 aliphatic carbocycles. The summed E-state index contributed by atoms with van der Waals surface area (Å²) in [7, 11) is -2.69. The average Bonchev–Trinajstić information content (AvgIpc) is 3.45. The number of nitrogens with two attached hydrogens (primary N) is 1. The fourth-order valence-corrected chi connectivity index (χ4v) is 5.96. The summed E-state index contributed by atoms with van der Waals surface area (Å²) in [4.78, 5) is 22.9. The van der Waals surface area contributed by atoms with Crippen molar-refractivity contribution < 1.29 is 37.4 Å². The predicted molar refractivity (Wildman–Crippen MR) is 148 cm³/mol. The Morgan fingerprint density at radius 2 is 2.02 bits per heavy atom. The molecule has 224 valence electrons. The molecule has 4 rings (SSSR count). The molecule has 1 aromatic carbocycles. The number of hydrogen-bond donors (Lipinski definition) is 4. The van der Waals surface area contributed by atoms with Crippen LogP contribution in [0.15, 0.2) is 36.7 Å². The molecular formula is C24H32ClFN7O7P. The number of ether oxygens (including phenoxy) is 2. The molecule has 3 aromatic rings. The van der Waals surface area contributed by atoms with E-state index in [4.69, 9.17) is 35.9 Å². The molecule has 1 aliphatic rings. The molecule has 5 N–H and O–H groups in total. The Morgan fingerprint density at radius 3 is 2.66 bits per heavy atom. The first-order valence-electron chi connectivity index (χ1n) is 12.6. The lowest BCUT2D eigenvalue weighted by atomic mass is 10.0. The first-order chi connectivity index (χ1) is 19.4. The number of fused-ring (bicyclic) bond motifs is 1. The zero-order valence-corrected chi connectivity index (χ0v) is 24.4. The number of esters is 1. The standard InChI is InChI=1S/C24H32ClFN7O7P/c1-13(2)38-21(35)14(3)32-41(36,40-15-8-6-5-7-9-15)37-10-16-18(34)24(25,11-26)22(39-16)33-12-29-17-19(28-4)30-23(27)31-20(17)33/h5-9,12-14,16,18,22,34H,10-11H2,1-4H3,(H,32,36)(H3,27,28,30,31)/t14?,16-,18-,22-,24-,41-/m1/s1. The number of nitrogens with one attached hydrogen (secondary N) is 2. The largest absolute Gasteiger partial charge is 0.462 e. The lowest BCUT2D eigenvalue weighted by Gasteiger charge is -2.27. The molecule has 0 spiro atoms. The molecule has 0 radical (unpaired) electrons. The minimum atomic E-state index is -4.30. The van der Waals surface area contributed by atoms with E-state index in [-0.39, 0.29) is 17.3 Å². The van der Waals surface area contributed by atoms with Crippen LogP contribution in [0.3, 0.4) is 0 Å². The van der Waals surface area contributed by atoms with Gasteiger partial charge >= 0.3 is 13.7 Å². The molecule has 1 aliphatic heterocycles. The van der Waals surface area contributed by atoms with Crippen LogP contribution in [0.2, 0.25) is 0 Å². The summed E-state index contributed by atoms with van der Waals surface area (Å²) in [6, 6.07) is 7.01. The number of carbonyl (C=O) groups excluding carboxylic acids is 1. The number of halogens is 2. The van der Waals surface area contributed by atoms with E-state index in [0.717, 1.165) is 0 Å². The van der Waals surface area contributed by atoms with Crippen molar-refractivity contribution in [2.45, 2.75) is 56.2 Å². The van der Waals surface area contributed by atoms with Gasteiger partial charge in [-0.25, -0.2) is 13.9 Å². The molecule has 0 amide bonds. The Balaban J connectivity index is 1.59. The summed E-state index contributed by atoms with van der Waals surface area (Å²) >= 11 is 6.60. The number of aliphatic hydroxyl groups is 1. The van der Waals surface area contributed by atoms with Gasteiger partial charge in [-0.2, -0.15) is 15.1 Å². The Kier molecular flexibility index (Phi) is 9.36. The Bertz CT molecular complexity index is 1420. The summed E-state index contributed by atoms with van der Waals surface area (Å²) in [5.41, 5.74) is 6.31. The maximum Gasteiger partial charge on any atom is 0.459 e. The third-order valence-corrected chi connectivity index (χ3v) is 8.28. The highest BCUT2D eigenvalue weighted by Crippen LogP contribution is 2.49. The predicted octanol–water partition coefficient (Wildman–Crippen LogP) is 2.79. The highest BCUT2D eigenvalue weighted by atomic mass is 35.5. The second-order valence-electron chi connectivity index (χ2n) is 9.57. The van der Waals surface area contributed by atoms with E-state index in [1.807, 2.05) is 0 Å². The fourth-order valence-electron chi connectivity index (χ4n) is 4.17. The third kappa shape index (κ3) is 6.55. The van der Waals surface area contributed by atoms with Gasteiger partial charge in [0.1, 0.15) is 35.5 Å². The van der Waals surface area contributed by atoms with Crippen LogP contribution in [0.4, 0.5) is 16.2 Å². The number of aliphatic hydroxyl groups excluding tert-OH is 1. The lowest BCUT2D eigenvalue weighted by molar-refractivity contribution is -0.149. The van der Waals surface area contributed by atoms with Gasteiger partial charge in [-0.15, -0.1) is 11.6 Å². The Labute approximate surface area is 240 Å². The van der Waals surface area contributed by atoms with Crippen molar-refractivity contribution in [3.63, 3.8) is 0 Å². The molecular weight excluding hydrogens is 584 g/mol. The molecule has 2 aromatic heterocycles. The van der Waals surface area contributed by atoms with E-state index in [9.17, 15) is 18.9 Å². The Morgan fingerprint density at radius 1 is 1.32 bits per heavy atom. The van der Waals surface area contributed by atoms with Crippen LogP contribution in [0, 0.1) is 0 Å². The number of benzene rings is 1. The number of rotatable bonds is 12. The zero-order chi connectivity index (χ0) is 29.9. The van der Waals surface area contributed by atoms with E-state index < -0.39 is 62.5 Å². The molecule has 1 fully saturated rings. The van der Waals surface area contributed by atoms with Crippen molar-refractivity contribution in [1.82, 2.24) is 24.6 Å². The second kappa shape index (κ2) is 12.4. The summed E-state index contributed by atoms with van der Waals surface area (Å²) in [5, 5.41) is 16.4. The first-order valence-corrected chi connectivity index (χ1v) is 14.6. The van der Waals surface area contributed by atoms with Gasteiger partial charge in [-0.3, -0.25) is 13.9 Å².